The fraction of sp³-hybridized carbons (Fsp3) is 0.600. The first-order chi connectivity index (χ1) is 9.54. The zero-order chi connectivity index (χ0) is 14.2. The predicted octanol–water partition coefficient (Wildman–Crippen LogP) is 3.54. The van der Waals surface area contributed by atoms with Crippen molar-refractivity contribution in [2.24, 2.45) is 5.92 Å². The monoisotopic (exact) mass is 285 g/mol. The molecule has 110 valence electrons. The Kier molecular flexibility index (Phi) is 3.73. The van der Waals surface area contributed by atoms with Crippen molar-refractivity contribution >= 4 is 0 Å². The lowest BCUT2D eigenvalue weighted by Gasteiger charge is -2.17. The van der Waals surface area contributed by atoms with Crippen LogP contribution in [0.15, 0.2) is 24.3 Å². The molecule has 1 saturated carbocycles. The Labute approximate surface area is 116 Å². The van der Waals surface area contributed by atoms with Gasteiger partial charge in [-0.3, -0.25) is 0 Å². The van der Waals surface area contributed by atoms with Crippen LogP contribution in [0.5, 0.6) is 0 Å². The number of rotatable bonds is 1. The molecule has 1 saturated heterocycles. The van der Waals surface area contributed by atoms with Gasteiger partial charge in [0.15, 0.2) is 0 Å². The highest BCUT2D eigenvalue weighted by atomic mass is 19.4. The molecule has 1 N–H and O–H groups in total. The fourth-order valence-electron chi connectivity index (χ4n) is 3.16. The second-order valence-electron chi connectivity index (χ2n) is 5.65. The quantitative estimate of drug-likeness (QED) is 0.852. The van der Waals surface area contributed by atoms with Crippen LogP contribution >= 0.6 is 0 Å². The molecule has 0 bridgehead atoms. The number of nitrogens with one attached hydrogen (secondary N) is 1. The first-order valence-corrected chi connectivity index (χ1v) is 7.06. The third-order valence-corrected chi connectivity index (χ3v) is 4.35. The summed E-state index contributed by atoms with van der Waals surface area (Å²) in [5, 5.41) is 3.49. The Morgan fingerprint density at radius 3 is 2.55 bits per heavy atom. The van der Waals surface area contributed by atoms with E-state index in [1.165, 1.54) is 31.4 Å². The third-order valence-electron chi connectivity index (χ3n) is 4.35. The van der Waals surface area contributed by atoms with Crippen molar-refractivity contribution in [1.82, 2.24) is 5.32 Å². The van der Waals surface area contributed by atoms with E-state index in [0.717, 1.165) is 17.7 Å². The Morgan fingerprint density at radius 2 is 1.85 bits per heavy atom. The molecule has 0 radical (unpaired) electrons. The van der Waals surface area contributed by atoms with Gasteiger partial charge in [-0.15, -0.1) is 0 Å². The summed E-state index contributed by atoms with van der Waals surface area (Å²) in [4.78, 5) is 0. The fourth-order valence-corrected chi connectivity index (χ4v) is 3.16. The zero-order valence-electron chi connectivity index (χ0n) is 11.1. The lowest BCUT2D eigenvalue weighted by Crippen LogP contribution is -2.32. The van der Waals surface area contributed by atoms with E-state index in [0.29, 0.717) is 25.1 Å². The lowest BCUT2D eigenvalue weighted by atomic mass is 10.1. The zero-order valence-corrected chi connectivity index (χ0v) is 11.1. The number of halogens is 3. The molecule has 2 aliphatic rings. The summed E-state index contributed by atoms with van der Waals surface area (Å²) in [6.07, 6.45) is -0.845. The van der Waals surface area contributed by atoms with Gasteiger partial charge < -0.3 is 10.1 Å². The second kappa shape index (κ2) is 5.37. The maximum absolute atomic E-state index is 12.5. The van der Waals surface area contributed by atoms with E-state index in [1.807, 2.05) is 0 Å². The van der Waals surface area contributed by atoms with Crippen LogP contribution in [0.1, 0.15) is 36.5 Å². The van der Waals surface area contributed by atoms with Crippen molar-refractivity contribution in [2.45, 2.75) is 37.6 Å². The minimum atomic E-state index is -4.28. The summed E-state index contributed by atoms with van der Waals surface area (Å²) in [6, 6.07) is 5.82. The number of benzene rings is 1. The number of fused-ring (bicyclic) bond motifs is 1. The summed E-state index contributed by atoms with van der Waals surface area (Å²) >= 11 is 0. The minimum absolute atomic E-state index is 0.150. The van der Waals surface area contributed by atoms with Crippen LogP contribution in [0.25, 0.3) is 0 Å². The third kappa shape index (κ3) is 2.83. The van der Waals surface area contributed by atoms with Crippen LogP contribution in [0, 0.1) is 5.92 Å². The predicted molar refractivity (Wildman–Crippen MR) is 69.3 cm³/mol. The molecule has 3 rings (SSSR count). The maximum Gasteiger partial charge on any atom is 0.416 e. The summed E-state index contributed by atoms with van der Waals surface area (Å²) in [7, 11) is 0. The second-order valence-corrected chi connectivity index (χ2v) is 5.65. The SMILES string of the molecule is FC(F)(F)c1ccc(C2CNC3CCCC3CO2)cc1. The van der Waals surface area contributed by atoms with Crippen molar-refractivity contribution in [3.05, 3.63) is 35.4 Å². The highest BCUT2D eigenvalue weighted by molar-refractivity contribution is 5.26. The van der Waals surface area contributed by atoms with E-state index < -0.39 is 11.7 Å². The van der Waals surface area contributed by atoms with Gasteiger partial charge in [-0.1, -0.05) is 18.6 Å². The molecule has 1 heterocycles. The van der Waals surface area contributed by atoms with Gasteiger partial charge >= 0.3 is 6.18 Å². The van der Waals surface area contributed by atoms with Gasteiger partial charge in [-0.25, -0.2) is 0 Å². The van der Waals surface area contributed by atoms with Crippen molar-refractivity contribution in [3.63, 3.8) is 0 Å². The number of hydrogen-bond donors (Lipinski definition) is 1. The molecule has 1 aliphatic carbocycles. The molecular formula is C15H18F3NO. The van der Waals surface area contributed by atoms with Crippen LogP contribution in [0.4, 0.5) is 13.2 Å². The molecule has 3 unspecified atom stereocenters. The lowest BCUT2D eigenvalue weighted by molar-refractivity contribution is -0.137. The molecule has 1 aliphatic heterocycles. The Hall–Kier alpha value is -1.07. The molecule has 1 aromatic rings. The molecule has 0 amide bonds. The van der Waals surface area contributed by atoms with Crippen LogP contribution in [-0.2, 0) is 10.9 Å². The van der Waals surface area contributed by atoms with Gasteiger partial charge in [-0.05, 0) is 36.5 Å². The van der Waals surface area contributed by atoms with Gasteiger partial charge in [0.1, 0.15) is 0 Å². The molecule has 2 nitrogen and oxygen atoms in total. The largest absolute Gasteiger partial charge is 0.416 e. The van der Waals surface area contributed by atoms with E-state index >= 15 is 0 Å². The standard InChI is InChI=1S/C15H18F3NO/c16-15(17,18)12-6-4-10(5-7-12)14-8-19-13-3-1-2-11(13)9-20-14/h4-7,11,13-14,19H,1-3,8-9H2. The molecule has 1 aromatic carbocycles. The van der Waals surface area contributed by atoms with E-state index in [-0.39, 0.29) is 6.10 Å². The Morgan fingerprint density at radius 1 is 1.10 bits per heavy atom. The molecular weight excluding hydrogens is 267 g/mol. The van der Waals surface area contributed by atoms with Gasteiger partial charge in [-0.2, -0.15) is 13.2 Å². The maximum atomic E-state index is 12.5. The van der Waals surface area contributed by atoms with Crippen LogP contribution in [0.2, 0.25) is 0 Å². The normalized spacial score (nSPS) is 30.9. The smallest absolute Gasteiger partial charge is 0.372 e. The molecule has 2 fully saturated rings. The Balaban J connectivity index is 1.70. The van der Waals surface area contributed by atoms with Gasteiger partial charge in [0.05, 0.1) is 18.3 Å². The summed E-state index contributed by atoms with van der Waals surface area (Å²) in [5.74, 6) is 0.550. The average Bonchev–Trinajstić information content (AvgIpc) is 2.77. The van der Waals surface area contributed by atoms with Gasteiger partial charge in [0.2, 0.25) is 0 Å². The van der Waals surface area contributed by atoms with Crippen molar-refractivity contribution in [2.75, 3.05) is 13.2 Å². The number of hydrogen-bond acceptors (Lipinski definition) is 2. The molecule has 0 spiro atoms. The summed E-state index contributed by atoms with van der Waals surface area (Å²) in [5.41, 5.74) is 0.199. The number of ether oxygens (including phenoxy) is 1. The highest BCUT2D eigenvalue weighted by Gasteiger charge is 2.33. The van der Waals surface area contributed by atoms with Crippen molar-refractivity contribution in [3.8, 4) is 0 Å². The molecule has 5 heteroatoms. The first kappa shape index (κ1) is 13.9. The molecule has 0 aromatic heterocycles. The minimum Gasteiger partial charge on any atom is -0.372 e. The van der Waals surface area contributed by atoms with E-state index in [2.05, 4.69) is 5.32 Å². The molecule has 20 heavy (non-hydrogen) atoms. The van der Waals surface area contributed by atoms with E-state index in [4.69, 9.17) is 4.74 Å². The van der Waals surface area contributed by atoms with Crippen LogP contribution in [0.3, 0.4) is 0 Å². The summed E-state index contributed by atoms with van der Waals surface area (Å²) < 4.78 is 43.5. The first-order valence-electron chi connectivity index (χ1n) is 7.06. The average molecular weight is 285 g/mol. The van der Waals surface area contributed by atoms with E-state index in [1.54, 1.807) is 0 Å². The van der Waals surface area contributed by atoms with Crippen LogP contribution < -0.4 is 5.32 Å². The van der Waals surface area contributed by atoms with Crippen LogP contribution in [-0.4, -0.2) is 19.2 Å². The number of alkyl halides is 3. The topological polar surface area (TPSA) is 21.3 Å². The van der Waals surface area contributed by atoms with Crippen molar-refractivity contribution < 1.29 is 17.9 Å². The summed E-state index contributed by atoms with van der Waals surface area (Å²) in [6.45, 7) is 1.37. The van der Waals surface area contributed by atoms with E-state index in [9.17, 15) is 13.2 Å². The van der Waals surface area contributed by atoms with Gasteiger partial charge in [0, 0.05) is 12.6 Å². The van der Waals surface area contributed by atoms with Gasteiger partial charge in [0.25, 0.3) is 0 Å². The Bertz CT molecular complexity index is 443. The van der Waals surface area contributed by atoms with Crippen molar-refractivity contribution in [1.29, 1.82) is 0 Å². The molecule has 3 atom stereocenters. The highest BCUT2D eigenvalue weighted by Crippen LogP contribution is 2.33.